The van der Waals surface area contributed by atoms with Crippen molar-refractivity contribution in [3.05, 3.63) is 53.9 Å². The molecule has 1 amide bonds. The molecule has 8 heteroatoms. The van der Waals surface area contributed by atoms with Crippen molar-refractivity contribution in [2.24, 2.45) is 0 Å². The number of carbonyl (C=O) groups is 1. The highest BCUT2D eigenvalue weighted by Crippen LogP contribution is 2.14. The van der Waals surface area contributed by atoms with E-state index in [1.54, 1.807) is 18.3 Å². The number of halogens is 2. The summed E-state index contributed by atoms with van der Waals surface area (Å²) in [6, 6.07) is 6.51. The smallest absolute Gasteiger partial charge is 0.274 e. The van der Waals surface area contributed by atoms with Crippen LogP contribution in [0.5, 0.6) is 0 Å². The maximum absolute atomic E-state index is 13.2. The van der Waals surface area contributed by atoms with Crippen LogP contribution >= 0.6 is 0 Å². The van der Waals surface area contributed by atoms with Crippen LogP contribution in [0.2, 0.25) is 0 Å². The van der Waals surface area contributed by atoms with E-state index in [0.717, 1.165) is 57.2 Å². The molecule has 0 aliphatic carbocycles. The summed E-state index contributed by atoms with van der Waals surface area (Å²) in [5.41, 5.74) is 1.17. The molecule has 1 aromatic carbocycles. The fourth-order valence-corrected chi connectivity index (χ4v) is 2.58. The van der Waals surface area contributed by atoms with E-state index in [1.165, 1.54) is 6.07 Å². The maximum atomic E-state index is 13.2. The first-order chi connectivity index (χ1) is 12.6. The van der Waals surface area contributed by atoms with Crippen LogP contribution in [0, 0.1) is 11.6 Å². The summed E-state index contributed by atoms with van der Waals surface area (Å²) in [7, 11) is 0. The molecular weight excluding hydrogens is 342 g/mol. The molecule has 0 radical (unpaired) electrons. The fourth-order valence-electron chi connectivity index (χ4n) is 2.58. The Kier molecular flexibility index (Phi) is 6.08. The zero-order valence-electron chi connectivity index (χ0n) is 14.2. The second-order valence-corrected chi connectivity index (χ2v) is 5.90. The van der Waals surface area contributed by atoms with Crippen LogP contribution in [0.1, 0.15) is 10.5 Å². The third kappa shape index (κ3) is 4.96. The normalized spacial score (nSPS) is 14.8. The lowest BCUT2D eigenvalue weighted by molar-refractivity contribution is 0.0398. The Morgan fingerprint density at radius 3 is 2.58 bits per heavy atom. The van der Waals surface area contributed by atoms with Crippen LogP contribution in [0.15, 0.2) is 36.5 Å². The van der Waals surface area contributed by atoms with Crippen LogP contribution in [0.4, 0.5) is 20.2 Å². The largest absolute Gasteiger partial charge is 0.383 e. The van der Waals surface area contributed by atoms with E-state index in [1.807, 2.05) is 0 Å². The van der Waals surface area contributed by atoms with Gasteiger partial charge in [0.15, 0.2) is 11.6 Å². The fraction of sp³-hybridized carbons (Fsp3) is 0.333. The van der Waals surface area contributed by atoms with Crippen molar-refractivity contribution in [3.63, 3.8) is 0 Å². The number of hydrogen-bond acceptors (Lipinski definition) is 5. The quantitative estimate of drug-likeness (QED) is 0.826. The number of ether oxygens (including phenoxy) is 1. The van der Waals surface area contributed by atoms with Gasteiger partial charge in [0.25, 0.3) is 5.91 Å². The molecule has 0 bridgehead atoms. The standard InChI is InChI=1S/C18H20F2N4O2/c19-15-3-1-13(11-16(15)20)23-18(25)17-4-2-14(12-22-17)21-5-6-24-7-9-26-10-8-24/h1-4,11-12,21H,5-10H2,(H,23,25). The van der Waals surface area contributed by atoms with E-state index in [9.17, 15) is 13.6 Å². The molecule has 1 fully saturated rings. The van der Waals surface area contributed by atoms with E-state index in [4.69, 9.17) is 4.74 Å². The lowest BCUT2D eigenvalue weighted by Crippen LogP contribution is -2.39. The second kappa shape index (κ2) is 8.68. The molecule has 26 heavy (non-hydrogen) atoms. The van der Waals surface area contributed by atoms with Gasteiger partial charge in [-0.25, -0.2) is 13.8 Å². The van der Waals surface area contributed by atoms with Gasteiger partial charge in [0.05, 0.1) is 25.1 Å². The molecule has 2 N–H and O–H groups in total. The van der Waals surface area contributed by atoms with Crippen molar-refractivity contribution in [2.45, 2.75) is 0 Å². The van der Waals surface area contributed by atoms with Crippen LogP contribution < -0.4 is 10.6 Å². The number of nitrogens with one attached hydrogen (secondary N) is 2. The Morgan fingerprint density at radius 2 is 1.88 bits per heavy atom. The number of hydrogen-bond donors (Lipinski definition) is 2. The van der Waals surface area contributed by atoms with E-state index < -0.39 is 17.5 Å². The van der Waals surface area contributed by atoms with E-state index >= 15 is 0 Å². The summed E-state index contributed by atoms with van der Waals surface area (Å²) in [5.74, 6) is -2.47. The number of amides is 1. The Morgan fingerprint density at radius 1 is 1.12 bits per heavy atom. The van der Waals surface area contributed by atoms with Crippen molar-refractivity contribution < 1.29 is 18.3 Å². The van der Waals surface area contributed by atoms with Gasteiger partial charge < -0.3 is 15.4 Å². The van der Waals surface area contributed by atoms with Crippen molar-refractivity contribution in [3.8, 4) is 0 Å². The number of nitrogens with zero attached hydrogens (tertiary/aromatic N) is 2. The first-order valence-electron chi connectivity index (χ1n) is 8.38. The number of aromatic nitrogens is 1. The van der Waals surface area contributed by atoms with Crippen molar-refractivity contribution in [2.75, 3.05) is 50.0 Å². The highest BCUT2D eigenvalue weighted by Gasteiger charge is 2.11. The van der Waals surface area contributed by atoms with Gasteiger partial charge in [-0.1, -0.05) is 0 Å². The molecule has 0 unspecified atom stereocenters. The van der Waals surface area contributed by atoms with Gasteiger partial charge in [-0.3, -0.25) is 9.69 Å². The second-order valence-electron chi connectivity index (χ2n) is 5.90. The molecule has 1 aliphatic rings. The highest BCUT2D eigenvalue weighted by atomic mass is 19.2. The van der Waals surface area contributed by atoms with Gasteiger partial charge >= 0.3 is 0 Å². The number of pyridine rings is 1. The Balaban J connectivity index is 1.49. The minimum Gasteiger partial charge on any atom is -0.383 e. The number of benzene rings is 1. The summed E-state index contributed by atoms with van der Waals surface area (Å²) >= 11 is 0. The molecule has 0 atom stereocenters. The Labute approximate surface area is 150 Å². The molecule has 1 aromatic heterocycles. The highest BCUT2D eigenvalue weighted by molar-refractivity contribution is 6.02. The number of carbonyl (C=O) groups excluding carboxylic acids is 1. The molecule has 2 aromatic rings. The molecule has 2 heterocycles. The minimum absolute atomic E-state index is 0.170. The zero-order chi connectivity index (χ0) is 18.4. The van der Waals surface area contributed by atoms with Gasteiger partial charge in [0.1, 0.15) is 5.69 Å². The van der Waals surface area contributed by atoms with Crippen molar-refractivity contribution >= 4 is 17.3 Å². The lowest BCUT2D eigenvalue weighted by Gasteiger charge is -2.26. The summed E-state index contributed by atoms with van der Waals surface area (Å²) in [4.78, 5) is 18.5. The predicted molar refractivity (Wildman–Crippen MR) is 94.3 cm³/mol. The van der Waals surface area contributed by atoms with Gasteiger partial charge in [0, 0.05) is 37.9 Å². The monoisotopic (exact) mass is 362 g/mol. The van der Waals surface area contributed by atoms with Crippen molar-refractivity contribution in [1.29, 1.82) is 0 Å². The van der Waals surface area contributed by atoms with Crippen LogP contribution in [0.3, 0.4) is 0 Å². The number of anilines is 2. The molecule has 0 saturated carbocycles. The first kappa shape index (κ1) is 18.2. The SMILES string of the molecule is O=C(Nc1ccc(F)c(F)c1)c1ccc(NCCN2CCOCC2)cn1. The molecule has 1 aliphatic heterocycles. The predicted octanol–water partition coefficient (Wildman–Crippen LogP) is 2.36. The molecule has 138 valence electrons. The van der Waals surface area contributed by atoms with E-state index in [2.05, 4.69) is 20.5 Å². The van der Waals surface area contributed by atoms with Gasteiger partial charge in [-0.05, 0) is 24.3 Å². The Bertz CT molecular complexity index is 749. The third-order valence-electron chi connectivity index (χ3n) is 4.03. The van der Waals surface area contributed by atoms with Crippen LogP contribution in [0.25, 0.3) is 0 Å². The molecule has 6 nitrogen and oxygen atoms in total. The van der Waals surface area contributed by atoms with Gasteiger partial charge in [0.2, 0.25) is 0 Å². The topological polar surface area (TPSA) is 66.5 Å². The number of morpholine rings is 1. The average molecular weight is 362 g/mol. The summed E-state index contributed by atoms with van der Waals surface area (Å²) < 4.78 is 31.4. The first-order valence-corrected chi connectivity index (χ1v) is 8.38. The average Bonchev–Trinajstić information content (AvgIpc) is 2.66. The maximum Gasteiger partial charge on any atom is 0.274 e. The Hall–Kier alpha value is -2.58. The molecule has 3 rings (SSSR count). The van der Waals surface area contributed by atoms with Gasteiger partial charge in [-0.2, -0.15) is 0 Å². The van der Waals surface area contributed by atoms with E-state index in [-0.39, 0.29) is 11.4 Å². The molecular formula is C18H20F2N4O2. The lowest BCUT2D eigenvalue weighted by atomic mass is 10.2. The molecule has 0 spiro atoms. The summed E-state index contributed by atoms with van der Waals surface area (Å²) in [6.07, 6.45) is 1.57. The summed E-state index contributed by atoms with van der Waals surface area (Å²) in [6.45, 7) is 5.07. The summed E-state index contributed by atoms with van der Waals surface area (Å²) in [5, 5.41) is 5.74. The third-order valence-corrected chi connectivity index (χ3v) is 4.03. The molecule has 1 saturated heterocycles. The minimum atomic E-state index is -1.02. The van der Waals surface area contributed by atoms with Crippen LogP contribution in [-0.4, -0.2) is 55.2 Å². The van der Waals surface area contributed by atoms with Gasteiger partial charge in [-0.15, -0.1) is 0 Å². The number of rotatable bonds is 6. The van der Waals surface area contributed by atoms with Crippen LogP contribution in [-0.2, 0) is 4.74 Å². The van der Waals surface area contributed by atoms with Crippen molar-refractivity contribution in [1.82, 2.24) is 9.88 Å². The van der Waals surface area contributed by atoms with E-state index in [0.29, 0.717) is 0 Å². The zero-order valence-corrected chi connectivity index (χ0v) is 14.2.